The first-order valence-electron chi connectivity index (χ1n) is 9.51. The van der Waals surface area contributed by atoms with E-state index in [1.54, 1.807) is 29.2 Å². The molecule has 0 atom stereocenters. The van der Waals surface area contributed by atoms with Gasteiger partial charge in [0.05, 0.1) is 6.54 Å². The molecule has 1 saturated heterocycles. The Morgan fingerprint density at radius 3 is 2.36 bits per heavy atom. The first kappa shape index (κ1) is 19.7. The smallest absolute Gasteiger partial charge is 0.321 e. The second-order valence-corrected chi connectivity index (χ2v) is 7.81. The lowest BCUT2D eigenvalue weighted by Crippen LogP contribution is -2.29. The van der Waals surface area contributed by atoms with Gasteiger partial charge in [0.15, 0.2) is 0 Å². The number of carbonyl (C=O) groups is 2. The number of ether oxygens (including phenoxy) is 1. The maximum atomic E-state index is 12.2. The molecule has 0 bridgehead atoms. The molecule has 2 N–H and O–H groups in total. The Morgan fingerprint density at radius 1 is 1.11 bits per heavy atom. The minimum atomic E-state index is -0.163. The molecular weight excluding hydrogens is 354 g/mol. The molecule has 0 spiro atoms. The second-order valence-electron chi connectivity index (χ2n) is 7.81. The highest BCUT2D eigenvalue weighted by Gasteiger charge is 2.21. The Bertz CT molecular complexity index is 824. The van der Waals surface area contributed by atoms with Crippen molar-refractivity contribution < 1.29 is 14.3 Å². The van der Waals surface area contributed by atoms with Crippen molar-refractivity contribution in [2.75, 3.05) is 31.1 Å². The molecule has 0 unspecified atom stereocenters. The summed E-state index contributed by atoms with van der Waals surface area (Å²) in [6, 6.07) is 15.0. The summed E-state index contributed by atoms with van der Waals surface area (Å²) in [5, 5.41) is 5.60. The highest BCUT2D eigenvalue weighted by atomic mass is 16.5. The molecule has 2 aromatic rings. The van der Waals surface area contributed by atoms with E-state index in [4.69, 9.17) is 4.74 Å². The summed E-state index contributed by atoms with van der Waals surface area (Å²) in [4.78, 5) is 25.6. The van der Waals surface area contributed by atoms with Crippen LogP contribution in [-0.4, -0.2) is 38.2 Å². The van der Waals surface area contributed by atoms with Gasteiger partial charge >= 0.3 is 6.03 Å². The first-order chi connectivity index (χ1) is 13.3. The van der Waals surface area contributed by atoms with E-state index in [2.05, 4.69) is 43.5 Å². The van der Waals surface area contributed by atoms with E-state index in [1.807, 2.05) is 12.1 Å². The van der Waals surface area contributed by atoms with Crippen LogP contribution in [0.3, 0.4) is 0 Å². The van der Waals surface area contributed by atoms with Crippen molar-refractivity contribution in [3.63, 3.8) is 0 Å². The van der Waals surface area contributed by atoms with E-state index in [1.165, 1.54) is 5.56 Å². The Balaban J connectivity index is 1.45. The number of carbonyl (C=O) groups excluding carboxylic acids is 2. The number of hydrogen-bond donors (Lipinski definition) is 2. The van der Waals surface area contributed by atoms with Gasteiger partial charge in [-0.25, -0.2) is 4.79 Å². The van der Waals surface area contributed by atoms with E-state index in [0.717, 1.165) is 11.4 Å². The lowest BCUT2D eigenvalue weighted by Gasteiger charge is -2.19. The van der Waals surface area contributed by atoms with Crippen LogP contribution in [0.25, 0.3) is 0 Å². The summed E-state index contributed by atoms with van der Waals surface area (Å²) in [7, 11) is 0. The largest absolute Gasteiger partial charge is 0.492 e. The van der Waals surface area contributed by atoms with Crippen LogP contribution >= 0.6 is 0 Å². The zero-order valence-corrected chi connectivity index (χ0v) is 16.6. The van der Waals surface area contributed by atoms with Gasteiger partial charge in [0, 0.05) is 24.3 Å². The van der Waals surface area contributed by atoms with Gasteiger partial charge in [-0.05, 0) is 47.4 Å². The number of anilines is 1. The molecule has 6 heteroatoms. The Morgan fingerprint density at radius 2 is 1.79 bits per heavy atom. The van der Waals surface area contributed by atoms with Crippen molar-refractivity contribution >= 4 is 17.6 Å². The highest BCUT2D eigenvalue weighted by Crippen LogP contribution is 2.24. The maximum Gasteiger partial charge on any atom is 0.321 e. The molecule has 0 radical (unpaired) electrons. The van der Waals surface area contributed by atoms with Gasteiger partial charge in [0.2, 0.25) is 0 Å². The minimum Gasteiger partial charge on any atom is -0.492 e. The third-order valence-corrected chi connectivity index (χ3v) is 4.67. The van der Waals surface area contributed by atoms with Crippen LogP contribution in [0.1, 0.15) is 36.7 Å². The SMILES string of the molecule is CC(C)(C)c1ccc(OCCNC(=O)c2ccc(N3CCNC3=O)cc2)cc1. The molecule has 6 nitrogen and oxygen atoms in total. The normalized spacial score (nSPS) is 14.0. The first-order valence-corrected chi connectivity index (χ1v) is 9.51. The van der Waals surface area contributed by atoms with Crippen LogP contribution in [0.2, 0.25) is 0 Å². The average molecular weight is 381 g/mol. The van der Waals surface area contributed by atoms with Crippen molar-refractivity contribution in [1.29, 1.82) is 0 Å². The summed E-state index contributed by atoms with van der Waals surface area (Å²) < 4.78 is 5.69. The number of benzene rings is 2. The molecule has 2 aromatic carbocycles. The monoisotopic (exact) mass is 381 g/mol. The van der Waals surface area contributed by atoms with Crippen molar-refractivity contribution in [2.24, 2.45) is 0 Å². The summed E-state index contributed by atoms with van der Waals surface area (Å²) in [6.07, 6.45) is 0. The van der Waals surface area contributed by atoms with Gasteiger partial charge in [0.25, 0.3) is 5.91 Å². The Hall–Kier alpha value is -3.02. The van der Waals surface area contributed by atoms with Crippen molar-refractivity contribution in [3.8, 4) is 5.75 Å². The quantitative estimate of drug-likeness (QED) is 0.754. The summed E-state index contributed by atoms with van der Waals surface area (Å²) >= 11 is 0. The molecule has 1 fully saturated rings. The molecule has 0 saturated carbocycles. The van der Waals surface area contributed by atoms with Crippen LogP contribution in [0.5, 0.6) is 5.75 Å². The molecule has 3 rings (SSSR count). The average Bonchev–Trinajstić information content (AvgIpc) is 3.11. The van der Waals surface area contributed by atoms with Crippen LogP contribution in [0.4, 0.5) is 10.5 Å². The number of amides is 3. The summed E-state index contributed by atoms with van der Waals surface area (Å²) in [5.41, 5.74) is 2.70. The molecule has 0 aromatic heterocycles. The van der Waals surface area contributed by atoms with Crippen LogP contribution in [-0.2, 0) is 5.41 Å². The maximum absolute atomic E-state index is 12.2. The predicted molar refractivity (Wildman–Crippen MR) is 110 cm³/mol. The summed E-state index contributed by atoms with van der Waals surface area (Å²) in [6.45, 7) is 8.60. The van der Waals surface area contributed by atoms with Crippen LogP contribution < -0.4 is 20.3 Å². The molecule has 28 heavy (non-hydrogen) atoms. The molecule has 1 aliphatic heterocycles. The van der Waals surface area contributed by atoms with E-state index >= 15 is 0 Å². The number of nitrogens with zero attached hydrogens (tertiary/aromatic N) is 1. The molecule has 3 amide bonds. The van der Waals surface area contributed by atoms with E-state index in [9.17, 15) is 9.59 Å². The van der Waals surface area contributed by atoms with Crippen LogP contribution in [0.15, 0.2) is 48.5 Å². The van der Waals surface area contributed by atoms with Gasteiger partial charge in [-0.15, -0.1) is 0 Å². The van der Waals surface area contributed by atoms with E-state index in [-0.39, 0.29) is 17.4 Å². The third kappa shape index (κ3) is 4.82. The van der Waals surface area contributed by atoms with Gasteiger partial charge in [-0.2, -0.15) is 0 Å². The van der Waals surface area contributed by atoms with Gasteiger partial charge < -0.3 is 15.4 Å². The van der Waals surface area contributed by atoms with E-state index < -0.39 is 0 Å². The predicted octanol–water partition coefficient (Wildman–Crippen LogP) is 3.32. The Kier molecular flexibility index (Phi) is 5.87. The lowest BCUT2D eigenvalue weighted by molar-refractivity contribution is 0.0947. The van der Waals surface area contributed by atoms with Crippen molar-refractivity contribution in [2.45, 2.75) is 26.2 Å². The molecule has 148 valence electrons. The third-order valence-electron chi connectivity index (χ3n) is 4.67. The summed E-state index contributed by atoms with van der Waals surface area (Å²) in [5.74, 6) is 0.625. The number of urea groups is 1. The number of rotatable bonds is 6. The fourth-order valence-electron chi connectivity index (χ4n) is 3.00. The zero-order chi connectivity index (χ0) is 20.1. The van der Waals surface area contributed by atoms with Gasteiger partial charge in [-0.1, -0.05) is 32.9 Å². The van der Waals surface area contributed by atoms with Crippen molar-refractivity contribution in [1.82, 2.24) is 10.6 Å². The zero-order valence-electron chi connectivity index (χ0n) is 16.6. The Labute approximate surface area is 165 Å². The fourth-order valence-corrected chi connectivity index (χ4v) is 3.00. The number of nitrogens with one attached hydrogen (secondary N) is 2. The van der Waals surface area contributed by atoms with Crippen LogP contribution in [0, 0.1) is 0 Å². The topological polar surface area (TPSA) is 70.7 Å². The van der Waals surface area contributed by atoms with Gasteiger partial charge in [0.1, 0.15) is 12.4 Å². The minimum absolute atomic E-state index is 0.107. The highest BCUT2D eigenvalue weighted by molar-refractivity contribution is 5.96. The second kappa shape index (κ2) is 8.33. The molecule has 1 heterocycles. The number of hydrogen-bond acceptors (Lipinski definition) is 3. The van der Waals surface area contributed by atoms with E-state index in [0.29, 0.717) is 31.8 Å². The molecule has 1 aliphatic rings. The van der Waals surface area contributed by atoms with Crippen molar-refractivity contribution in [3.05, 3.63) is 59.7 Å². The fraction of sp³-hybridized carbons (Fsp3) is 0.364. The standard InChI is InChI=1S/C22H27N3O3/c1-22(2,3)17-6-10-19(11-7-17)28-15-13-23-20(26)16-4-8-18(9-5-16)25-14-12-24-21(25)27/h4-11H,12-15H2,1-3H3,(H,23,26)(H,24,27). The molecular formula is C22H27N3O3. The van der Waals surface area contributed by atoms with Gasteiger partial charge in [-0.3, -0.25) is 9.69 Å². The molecule has 0 aliphatic carbocycles. The lowest BCUT2D eigenvalue weighted by atomic mass is 9.87.